The first-order chi connectivity index (χ1) is 7.60. The molecule has 0 saturated carbocycles. The smallest absolute Gasteiger partial charge is 0.329 e. The minimum Gasteiger partial charge on any atom is -0.480 e. The molecule has 0 aliphatic rings. The summed E-state index contributed by atoms with van der Waals surface area (Å²) in [5, 5.41) is 10.9. The molecule has 0 fully saturated rings. The van der Waals surface area contributed by atoms with Crippen molar-refractivity contribution >= 4 is 11.9 Å². The molecule has 0 aliphatic carbocycles. The third kappa shape index (κ3) is 8.19. The predicted molar refractivity (Wildman–Crippen MR) is 59.3 cm³/mol. The summed E-state index contributed by atoms with van der Waals surface area (Å²) >= 11 is 0. The minimum absolute atomic E-state index is 0.204. The molecule has 0 aromatic rings. The average molecular weight is 232 g/mol. The highest BCUT2D eigenvalue weighted by atomic mass is 16.5. The Kier molecular flexibility index (Phi) is 8.46. The SMILES string of the molecule is CCN(CC)CCNC(=O)COCC(=O)O. The molecule has 0 aromatic carbocycles. The lowest BCUT2D eigenvalue weighted by molar-refractivity contribution is -0.143. The summed E-state index contributed by atoms with van der Waals surface area (Å²) in [4.78, 5) is 23.4. The molecule has 16 heavy (non-hydrogen) atoms. The van der Waals surface area contributed by atoms with Crippen molar-refractivity contribution in [1.29, 1.82) is 0 Å². The quantitative estimate of drug-likeness (QED) is 0.562. The number of nitrogens with one attached hydrogen (secondary N) is 1. The van der Waals surface area contributed by atoms with Gasteiger partial charge in [0, 0.05) is 13.1 Å². The van der Waals surface area contributed by atoms with Crippen molar-refractivity contribution in [2.45, 2.75) is 13.8 Å². The van der Waals surface area contributed by atoms with Crippen LogP contribution in [0.15, 0.2) is 0 Å². The second-order valence-corrected chi connectivity index (χ2v) is 3.26. The van der Waals surface area contributed by atoms with Gasteiger partial charge in [0.2, 0.25) is 5.91 Å². The van der Waals surface area contributed by atoms with Crippen LogP contribution in [0.25, 0.3) is 0 Å². The van der Waals surface area contributed by atoms with E-state index in [0.29, 0.717) is 6.54 Å². The van der Waals surface area contributed by atoms with E-state index >= 15 is 0 Å². The molecule has 0 atom stereocenters. The first-order valence-corrected chi connectivity index (χ1v) is 5.38. The molecular formula is C10H20N2O4. The number of aliphatic carboxylic acids is 1. The molecule has 0 heterocycles. The molecule has 0 unspecified atom stereocenters. The number of amides is 1. The maximum absolute atomic E-state index is 11.1. The zero-order valence-corrected chi connectivity index (χ0v) is 9.86. The van der Waals surface area contributed by atoms with Gasteiger partial charge < -0.3 is 20.1 Å². The van der Waals surface area contributed by atoms with E-state index in [4.69, 9.17) is 5.11 Å². The maximum atomic E-state index is 11.1. The summed E-state index contributed by atoms with van der Waals surface area (Å²) in [6.45, 7) is 6.70. The topological polar surface area (TPSA) is 78.9 Å². The van der Waals surface area contributed by atoms with Gasteiger partial charge in [0.05, 0.1) is 0 Å². The van der Waals surface area contributed by atoms with Gasteiger partial charge >= 0.3 is 5.97 Å². The van der Waals surface area contributed by atoms with Crippen molar-refractivity contribution in [2.75, 3.05) is 39.4 Å². The third-order valence-electron chi connectivity index (χ3n) is 2.10. The third-order valence-corrected chi connectivity index (χ3v) is 2.10. The Labute approximate surface area is 95.6 Å². The molecule has 6 heteroatoms. The van der Waals surface area contributed by atoms with Gasteiger partial charge in [-0.15, -0.1) is 0 Å². The van der Waals surface area contributed by atoms with Gasteiger partial charge in [0.25, 0.3) is 0 Å². The van der Waals surface area contributed by atoms with E-state index in [1.165, 1.54) is 0 Å². The van der Waals surface area contributed by atoms with E-state index in [-0.39, 0.29) is 12.5 Å². The van der Waals surface area contributed by atoms with Gasteiger partial charge in [-0.05, 0) is 13.1 Å². The van der Waals surface area contributed by atoms with Crippen LogP contribution < -0.4 is 5.32 Å². The lowest BCUT2D eigenvalue weighted by Gasteiger charge is -2.17. The van der Waals surface area contributed by atoms with Crippen LogP contribution in [0.3, 0.4) is 0 Å². The molecule has 6 nitrogen and oxygen atoms in total. The lowest BCUT2D eigenvalue weighted by atomic mass is 10.4. The van der Waals surface area contributed by atoms with Gasteiger partial charge in [-0.2, -0.15) is 0 Å². The summed E-state index contributed by atoms with van der Waals surface area (Å²) < 4.78 is 4.64. The number of ether oxygens (including phenoxy) is 1. The molecule has 0 bridgehead atoms. The summed E-state index contributed by atoms with van der Waals surface area (Å²) in [6, 6.07) is 0. The van der Waals surface area contributed by atoms with E-state index in [0.717, 1.165) is 19.6 Å². The number of nitrogens with zero attached hydrogens (tertiary/aromatic N) is 1. The average Bonchev–Trinajstić information content (AvgIpc) is 2.24. The highest BCUT2D eigenvalue weighted by molar-refractivity contribution is 5.77. The van der Waals surface area contributed by atoms with Gasteiger partial charge in [-0.1, -0.05) is 13.8 Å². The lowest BCUT2D eigenvalue weighted by Crippen LogP contribution is -2.36. The molecule has 0 saturated heterocycles. The largest absolute Gasteiger partial charge is 0.480 e. The number of hydrogen-bond donors (Lipinski definition) is 2. The molecule has 94 valence electrons. The van der Waals surface area contributed by atoms with Crippen LogP contribution in [0.4, 0.5) is 0 Å². The van der Waals surface area contributed by atoms with E-state index in [1.807, 2.05) is 0 Å². The van der Waals surface area contributed by atoms with Crippen LogP contribution in [-0.4, -0.2) is 61.3 Å². The van der Waals surface area contributed by atoms with E-state index in [9.17, 15) is 9.59 Å². The number of rotatable bonds is 9. The van der Waals surface area contributed by atoms with Crippen molar-refractivity contribution in [2.24, 2.45) is 0 Å². The summed E-state index contributed by atoms with van der Waals surface area (Å²) in [5.41, 5.74) is 0. The Balaban J connectivity index is 3.46. The van der Waals surface area contributed by atoms with E-state index in [2.05, 4.69) is 28.8 Å². The molecule has 2 N–H and O–H groups in total. The molecule has 0 rings (SSSR count). The zero-order chi connectivity index (χ0) is 12.4. The molecule has 0 aromatic heterocycles. The number of carboxylic acids is 1. The Morgan fingerprint density at radius 3 is 2.38 bits per heavy atom. The van der Waals surface area contributed by atoms with Crippen molar-refractivity contribution in [3.8, 4) is 0 Å². The summed E-state index contributed by atoms with van der Waals surface area (Å²) in [7, 11) is 0. The first-order valence-electron chi connectivity index (χ1n) is 5.38. The Hall–Kier alpha value is -1.14. The first kappa shape index (κ1) is 14.9. The van der Waals surface area contributed by atoms with E-state index in [1.54, 1.807) is 0 Å². The fraction of sp³-hybridized carbons (Fsp3) is 0.800. The number of hydrogen-bond acceptors (Lipinski definition) is 4. The standard InChI is InChI=1S/C10H20N2O4/c1-3-12(4-2)6-5-11-9(13)7-16-8-10(14)15/h3-8H2,1-2H3,(H,11,13)(H,14,15). The number of carbonyl (C=O) groups is 2. The maximum Gasteiger partial charge on any atom is 0.329 e. The van der Waals surface area contributed by atoms with Crippen molar-refractivity contribution in [3.63, 3.8) is 0 Å². The van der Waals surface area contributed by atoms with Gasteiger partial charge in [0.1, 0.15) is 13.2 Å². The Morgan fingerprint density at radius 1 is 1.25 bits per heavy atom. The van der Waals surface area contributed by atoms with Crippen LogP contribution in [-0.2, 0) is 14.3 Å². The van der Waals surface area contributed by atoms with Gasteiger partial charge in [-0.3, -0.25) is 4.79 Å². The Bertz CT molecular complexity index is 217. The highest BCUT2D eigenvalue weighted by Gasteiger charge is 2.04. The normalized spacial score (nSPS) is 10.4. The molecule has 1 amide bonds. The second kappa shape index (κ2) is 9.11. The number of carbonyl (C=O) groups excluding carboxylic acids is 1. The number of carboxylic acid groups (broad SMARTS) is 1. The zero-order valence-electron chi connectivity index (χ0n) is 9.86. The van der Waals surface area contributed by atoms with E-state index < -0.39 is 12.6 Å². The van der Waals surface area contributed by atoms with Crippen molar-refractivity contribution in [3.05, 3.63) is 0 Å². The fourth-order valence-electron chi connectivity index (χ4n) is 1.18. The predicted octanol–water partition coefficient (Wildman–Crippen LogP) is -0.454. The van der Waals surface area contributed by atoms with Gasteiger partial charge in [-0.25, -0.2) is 4.79 Å². The molecule has 0 aliphatic heterocycles. The van der Waals surface area contributed by atoms with Crippen LogP contribution in [0.2, 0.25) is 0 Å². The Morgan fingerprint density at radius 2 is 1.88 bits per heavy atom. The molecular weight excluding hydrogens is 212 g/mol. The number of likely N-dealkylation sites (N-methyl/N-ethyl adjacent to an activating group) is 1. The minimum atomic E-state index is -1.07. The van der Waals surface area contributed by atoms with Crippen LogP contribution in [0.5, 0.6) is 0 Å². The molecule has 0 spiro atoms. The van der Waals surface area contributed by atoms with Crippen molar-refractivity contribution in [1.82, 2.24) is 10.2 Å². The van der Waals surface area contributed by atoms with Crippen LogP contribution >= 0.6 is 0 Å². The second-order valence-electron chi connectivity index (χ2n) is 3.26. The van der Waals surface area contributed by atoms with Gasteiger partial charge in [0.15, 0.2) is 0 Å². The van der Waals surface area contributed by atoms with Crippen LogP contribution in [0, 0.1) is 0 Å². The fourth-order valence-corrected chi connectivity index (χ4v) is 1.18. The monoisotopic (exact) mass is 232 g/mol. The highest BCUT2D eigenvalue weighted by Crippen LogP contribution is 1.84. The molecule has 0 radical (unpaired) electrons. The summed E-state index contributed by atoms with van der Waals surface area (Å²) in [6.07, 6.45) is 0. The van der Waals surface area contributed by atoms with Crippen molar-refractivity contribution < 1.29 is 19.4 Å². The van der Waals surface area contributed by atoms with Crippen LogP contribution in [0.1, 0.15) is 13.8 Å². The summed E-state index contributed by atoms with van der Waals surface area (Å²) in [5.74, 6) is -1.36.